The first kappa shape index (κ1) is 16.8. The van der Waals surface area contributed by atoms with Gasteiger partial charge >= 0.3 is 0 Å². The Kier molecular flexibility index (Phi) is 4.12. The van der Waals surface area contributed by atoms with E-state index in [1.165, 1.54) is 24.3 Å². The van der Waals surface area contributed by atoms with E-state index in [2.05, 4.69) is 5.10 Å². The van der Waals surface area contributed by atoms with Crippen molar-refractivity contribution in [1.82, 2.24) is 9.78 Å². The molecule has 3 rings (SSSR count). The van der Waals surface area contributed by atoms with Gasteiger partial charge in [-0.2, -0.15) is 5.10 Å². The molecule has 0 saturated heterocycles. The molecule has 0 spiro atoms. The van der Waals surface area contributed by atoms with Crippen molar-refractivity contribution in [3.05, 3.63) is 70.7 Å². The third-order valence-electron chi connectivity index (χ3n) is 3.91. The fourth-order valence-electron chi connectivity index (χ4n) is 2.72. The Balaban J connectivity index is 2.18. The van der Waals surface area contributed by atoms with Crippen LogP contribution in [0.4, 0.5) is 10.1 Å². The van der Waals surface area contributed by atoms with E-state index < -0.39 is 4.92 Å². The van der Waals surface area contributed by atoms with Crippen LogP contribution >= 0.6 is 0 Å². The molecule has 6 heteroatoms. The molecule has 1 heterocycles. The average molecular weight is 339 g/mol. The van der Waals surface area contributed by atoms with Gasteiger partial charge in [-0.05, 0) is 62.7 Å². The Hall–Kier alpha value is -3.02. The highest BCUT2D eigenvalue weighted by Gasteiger charge is 2.23. The molecule has 0 radical (unpaired) electrons. The molecule has 0 fully saturated rings. The quantitative estimate of drug-likeness (QED) is 0.497. The Morgan fingerprint density at radius 2 is 1.56 bits per heavy atom. The number of non-ortho nitro benzene ring substituents is 1. The van der Waals surface area contributed by atoms with Gasteiger partial charge in [0, 0.05) is 23.3 Å². The number of nitrogens with zero attached hydrogens (tertiary/aromatic N) is 3. The summed E-state index contributed by atoms with van der Waals surface area (Å²) in [5.41, 5.74) is 3.11. The second kappa shape index (κ2) is 6.12. The van der Waals surface area contributed by atoms with Gasteiger partial charge in [-0.3, -0.25) is 14.8 Å². The van der Waals surface area contributed by atoms with Gasteiger partial charge in [0.2, 0.25) is 0 Å². The van der Waals surface area contributed by atoms with Crippen LogP contribution in [0.3, 0.4) is 0 Å². The molecule has 0 aliphatic rings. The summed E-state index contributed by atoms with van der Waals surface area (Å²) in [7, 11) is 0. The molecule has 3 aromatic rings. The SMILES string of the molecule is CC(C)(C)n1ncc(-c2ccc([N+](=O)[O-])cc2)c1-c1ccc(F)cc1. The van der Waals surface area contributed by atoms with Crippen molar-refractivity contribution in [2.75, 3.05) is 0 Å². The van der Waals surface area contributed by atoms with E-state index >= 15 is 0 Å². The van der Waals surface area contributed by atoms with E-state index in [1.54, 1.807) is 30.5 Å². The molecule has 0 N–H and O–H groups in total. The first-order chi connectivity index (χ1) is 11.8. The normalized spacial score (nSPS) is 11.5. The van der Waals surface area contributed by atoms with Crippen molar-refractivity contribution in [2.45, 2.75) is 26.3 Å². The Bertz CT molecular complexity index is 907. The van der Waals surface area contributed by atoms with Gasteiger partial charge in [0.15, 0.2) is 0 Å². The van der Waals surface area contributed by atoms with Crippen LogP contribution in [-0.4, -0.2) is 14.7 Å². The molecule has 0 aliphatic heterocycles. The minimum Gasteiger partial charge on any atom is -0.259 e. The first-order valence-corrected chi connectivity index (χ1v) is 7.86. The number of nitro benzene ring substituents is 1. The summed E-state index contributed by atoms with van der Waals surface area (Å²) in [6.45, 7) is 6.10. The highest BCUT2D eigenvalue weighted by molar-refractivity contribution is 5.81. The molecule has 0 amide bonds. The van der Waals surface area contributed by atoms with Gasteiger partial charge in [0.05, 0.1) is 22.4 Å². The topological polar surface area (TPSA) is 61.0 Å². The van der Waals surface area contributed by atoms with Gasteiger partial charge in [-0.1, -0.05) is 0 Å². The van der Waals surface area contributed by atoms with E-state index in [0.717, 1.165) is 22.4 Å². The lowest BCUT2D eigenvalue weighted by atomic mass is 9.99. The molecular weight excluding hydrogens is 321 g/mol. The molecule has 0 unspecified atom stereocenters. The summed E-state index contributed by atoms with van der Waals surface area (Å²) in [4.78, 5) is 10.4. The molecule has 0 atom stereocenters. The standard InChI is InChI=1S/C19H18FN3O2/c1-19(2,3)22-18(14-4-8-15(20)9-5-14)17(12-21-22)13-6-10-16(11-7-13)23(24)25/h4-12H,1-3H3. The summed E-state index contributed by atoms with van der Waals surface area (Å²) < 4.78 is 15.2. The largest absolute Gasteiger partial charge is 0.269 e. The van der Waals surface area contributed by atoms with Crippen molar-refractivity contribution in [2.24, 2.45) is 0 Å². The van der Waals surface area contributed by atoms with Crippen LogP contribution in [-0.2, 0) is 5.54 Å². The minimum absolute atomic E-state index is 0.0373. The van der Waals surface area contributed by atoms with Crippen molar-refractivity contribution in [3.8, 4) is 22.4 Å². The smallest absolute Gasteiger partial charge is 0.259 e. The second-order valence-corrected chi connectivity index (χ2v) is 6.80. The third-order valence-corrected chi connectivity index (χ3v) is 3.91. The molecule has 0 saturated carbocycles. The van der Waals surface area contributed by atoms with E-state index in [4.69, 9.17) is 0 Å². The van der Waals surface area contributed by atoms with Crippen LogP contribution in [0.5, 0.6) is 0 Å². The highest BCUT2D eigenvalue weighted by Crippen LogP contribution is 2.35. The van der Waals surface area contributed by atoms with Crippen LogP contribution in [0.1, 0.15) is 20.8 Å². The number of hydrogen-bond acceptors (Lipinski definition) is 3. The number of nitro groups is 1. The average Bonchev–Trinajstić information content (AvgIpc) is 3.01. The van der Waals surface area contributed by atoms with Crippen LogP contribution in [0.15, 0.2) is 54.7 Å². The number of aromatic nitrogens is 2. The van der Waals surface area contributed by atoms with Crippen LogP contribution in [0.25, 0.3) is 22.4 Å². The van der Waals surface area contributed by atoms with Crippen molar-refractivity contribution in [3.63, 3.8) is 0 Å². The zero-order valence-electron chi connectivity index (χ0n) is 14.2. The van der Waals surface area contributed by atoms with Gasteiger partial charge in [-0.25, -0.2) is 4.39 Å². The molecule has 0 aliphatic carbocycles. The lowest BCUT2D eigenvalue weighted by Crippen LogP contribution is -2.24. The Morgan fingerprint density at radius 3 is 2.08 bits per heavy atom. The maximum atomic E-state index is 13.3. The van der Waals surface area contributed by atoms with Crippen LogP contribution in [0, 0.1) is 15.9 Å². The number of halogens is 1. The molecule has 2 aromatic carbocycles. The molecule has 0 bridgehead atoms. The first-order valence-electron chi connectivity index (χ1n) is 7.86. The predicted molar refractivity (Wildman–Crippen MR) is 94.7 cm³/mol. The van der Waals surface area contributed by atoms with E-state index in [9.17, 15) is 14.5 Å². The van der Waals surface area contributed by atoms with Gasteiger partial charge < -0.3 is 0 Å². The Morgan fingerprint density at radius 1 is 1.00 bits per heavy atom. The van der Waals surface area contributed by atoms with Crippen molar-refractivity contribution < 1.29 is 9.31 Å². The Labute approximate surface area is 144 Å². The molecule has 1 aromatic heterocycles. The van der Waals surface area contributed by atoms with Crippen molar-refractivity contribution in [1.29, 1.82) is 0 Å². The zero-order valence-corrected chi connectivity index (χ0v) is 14.2. The summed E-state index contributed by atoms with van der Waals surface area (Å²) in [6.07, 6.45) is 1.74. The lowest BCUT2D eigenvalue weighted by molar-refractivity contribution is -0.384. The maximum Gasteiger partial charge on any atom is 0.269 e. The van der Waals surface area contributed by atoms with E-state index in [-0.39, 0.29) is 17.0 Å². The maximum absolute atomic E-state index is 13.3. The van der Waals surface area contributed by atoms with E-state index in [0.29, 0.717) is 0 Å². The summed E-state index contributed by atoms with van der Waals surface area (Å²) in [6, 6.07) is 12.6. The number of rotatable bonds is 3. The lowest BCUT2D eigenvalue weighted by Gasteiger charge is -2.23. The van der Waals surface area contributed by atoms with Gasteiger partial charge in [-0.15, -0.1) is 0 Å². The van der Waals surface area contributed by atoms with E-state index in [1.807, 2.05) is 25.5 Å². The highest BCUT2D eigenvalue weighted by atomic mass is 19.1. The zero-order chi connectivity index (χ0) is 18.2. The fraction of sp³-hybridized carbons (Fsp3) is 0.211. The predicted octanol–water partition coefficient (Wildman–Crippen LogP) is 5.02. The summed E-state index contributed by atoms with van der Waals surface area (Å²) in [5, 5.41) is 15.4. The summed E-state index contributed by atoms with van der Waals surface area (Å²) in [5.74, 6) is -0.303. The van der Waals surface area contributed by atoms with Gasteiger partial charge in [0.1, 0.15) is 5.82 Å². The fourth-order valence-corrected chi connectivity index (χ4v) is 2.72. The second-order valence-electron chi connectivity index (χ2n) is 6.80. The van der Waals surface area contributed by atoms with Gasteiger partial charge in [0.25, 0.3) is 5.69 Å². The van der Waals surface area contributed by atoms with Crippen LogP contribution < -0.4 is 0 Å². The number of hydrogen-bond donors (Lipinski definition) is 0. The number of benzene rings is 2. The molecule has 128 valence electrons. The third kappa shape index (κ3) is 3.28. The minimum atomic E-state index is -0.427. The summed E-state index contributed by atoms with van der Waals surface area (Å²) >= 11 is 0. The van der Waals surface area contributed by atoms with Crippen molar-refractivity contribution >= 4 is 5.69 Å². The molecular formula is C19H18FN3O2. The molecule has 5 nitrogen and oxygen atoms in total. The van der Waals surface area contributed by atoms with Crippen LogP contribution in [0.2, 0.25) is 0 Å². The molecule has 25 heavy (non-hydrogen) atoms. The monoisotopic (exact) mass is 339 g/mol.